The lowest BCUT2D eigenvalue weighted by Crippen LogP contribution is -2.41. The fourth-order valence-corrected chi connectivity index (χ4v) is 3.00. The highest BCUT2D eigenvalue weighted by atomic mass is 79.9. The minimum atomic E-state index is -0.471. The predicted molar refractivity (Wildman–Crippen MR) is 101 cm³/mol. The Morgan fingerprint density at radius 2 is 1.70 bits per heavy atom. The van der Waals surface area contributed by atoms with E-state index in [9.17, 15) is 14.4 Å². The van der Waals surface area contributed by atoms with Gasteiger partial charge < -0.3 is 14.8 Å². The van der Waals surface area contributed by atoms with Crippen molar-refractivity contribution in [2.24, 2.45) is 0 Å². The zero-order valence-electron chi connectivity index (χ0n) is 14.5. The van der Waals surface area contributed by atoms with Gasteiger partial charge >= 0.3 is 0 Å². The van der Waals surface area contributed by atoms with Crippen LogP contribution < -0.4 is 14.8 Å². The first-order chi connectivity index (χ1) is 13.0. The molecular weight excluding hydrogens is 416 g/mol. The van der Waals surface area contributed by atoms with E-state index in [2.05, 4.69) is 21.2 Å². The molecule has 0 aliphatic carbocycles. The van der Waals surface area contributed by atoms with Gasteiger partial charge in [0.15, 0.2) is 0 Å². The fourth-order valence-electron chi connectivity index (χ4n) is 2.64. The van der Waals surface area contributed by atoms with Crippen LogP contribution in [0.25, 0.3) is 0 Å². The number of nitrogens with one attached hydrogen (secondary N) is 1. The topological polar surface area (TPSA) is 84.9 Å². The van der Waals surface area contributed by atoms with Crippen molar-refractivity contribution in [3.63, 3.8) is 0 Å². The molecule has 140 valence electrons. The molecule has 1 heterocycles. The lowest BCUT2D eigenvalue weighted by Gasteiger charge is -2.14. The standard InChI is InChI=1S/C19H17BrN2O5/c1-26-13-3-5-14(6-4-13)27-9-8-21-17(23)11-22-18(24)15-7-2-12(20)10-16(15)19(22)25/h2-7,10H,8-9,11H2,1H3,(H,21,23). The maximum atomic E-state index is 12.3. The summed E-state index contributed by atoms with van der Waals surface area (Å²) < 4.78 is 11.3. The number of halogens is 1. The van der Waals surface area contributed by atoms with Crippen LogP contribution in [0.4, 0.5) is 0 Å². The summed E-state index contributed by atoms with van der Waals surface area (Å²) in [6.45, 7) is 0.180. The van der Waals surface area contributed by atoms with E-state index in [4.69, 9.17) is 9.47 Å². The van der Waals surface area contributed by atoms with Crippen LogP contribution in [-0.2, 0) is 4.79 Å². The average molecular weight is 433 g/mol. The minimum absolute atomic E-state index is 0.250. The van der Waals surface area contributed by atoms with Crippen LogP contribution in [0.1, 0.15) is 20.7 Å². The van der Waals surface area contributed by atoms with Crippen molar-refractivity contribution >= 4 is 33.7 Å². The van der Waals surface area contributed by atoms with Crippen LogP contribution in [0.5, 0.6) is 11.5 Å². The largest absolute Gasteiger partial charge is 0.497 e. The monoisotopic (exact) mass is 432 g/mol. The van der Waals surface area contributed by atoms with Gasteiger partial charge in [-0.15, -0.1) is 0 Å². The predicted octanol–water partition coefficient (Wildman–Crippen LogP) is 2.25. The molecule has 2 aromatic carbocycles. The first-order valence-corrected chi connectivity index (χ1v) is 8.98. The number of carbonyl (C=O) groups excluding carboxylic acids is 3. The smallest absolute Gasteiger partial charge is 0.262 e. The number of methoxy groups -OCH3 is 1. The van der Waals surface area contributed by atoms with Gasteiger partial charge in [-0.05, 0) is 42.5 Å². The molecule has 27 heavy (non-hydrogen) atoms. The Labute approximate surface area is 164 Å². The number of rotatable bonds is 7. The molecule has 0 saturated heterocycles. The maximum Gasteiger partial charge on any atom is 0.262 e. The number of hydrogen-bond donors (Lipinski definition) is 1. The summed E-state index contributed by atoms with van der Waals surface area (Å²) >= 11 is 3.27. The number of imide groups is 1. The van der Waals surface area contributed by atoms with E-state index in [1.807, 2.05) is 0 Å². The van der Waals surface area contributed by atoms with Gasteiger partial charge in [-0.2, -0.15) is 0 Å². The van der Waals surface area contributed by atoms with Crippen molar-refractivity contribution in [3.8, 4) is 11.5 Å². The number of carbonyl (C=O) groups is 3. The second-order valence-electron chi connectivity index (χ2n) is 5.76. The molecular formula is C19H17BrN2O5. The molecule has 0 bridgehead atoms. The first kappa shape index (κ1) is 18.9. The Kier molecular flexibility index (Phi) is 5.75. The van der Waals surface area contributed by atoms with E-state index >= 15 is 0 Å². The van der Waals surface area contributed by atoms with Crippen molar-refractivity contribution in [3.05, 3.63) is 58.1 Å². The number of nitrogens with zero attached hydrogens (tertiary/aromatic N) is 1. The number of benzene rings is 2. The molecule has 2 aromatic rings. The van der Waals surface area contributed by atoms with Crippen LogP contribution in [0, 0.1) is 0 Å². The molecule has 1 N–H and O–H groups in total. The average Bonchev–Trinajstić information content (AvgIpc) is 2.90. The second-order valence-corrected chi connectivity index (χ2v) is 6.68. The lowest BCUT2D eigenvalue weighted by molar-refractivity contribution is -0.121. The number of fused-ring (bicyclic) bond motifs is 1. The van der Waals surface area contributed by atoms with Crippen LogP contribution in [-0.4, -0.2) is 49.4 Å². The summed E-state index contributed by atoms with van der Waals surface area (Å²) in [6.07, 6.45) is 0. The molecule has 1 aliphatic rings. The van der Waals surface area contributed by atoms with E-state index < -0.39 is 17.7 Å². The fraction of sp³-hybridized carbons (Fsp3) is 0.211. The zero-order valence-corrected chi connectivity index (χ0v) is 16.1. The molecule has 0 atom stereocenters. The van der Waals surface area contributed by atoms with Crippen LogP contribution >= 0.6 is 15.9 Å². The summed E-state index contributed by atoms with van der Waals surface area (Å²) in [4.78, 5) is 37.6. The summed E-state index contributed by atoms with van der Waals surface area (Å²) in [7, 11) is 1.58. The van der Waals surface area contributed by atoms with Crippen molar-refractivity contribution in [1.29, 1.82) is 0 Å². The lowest BCUT2D eigenvalue weighted by atomic mass is 10.1. The third kappa shape index (κ3) is 4.28. The van der Waals surface area contributed by atoms with Crippen molar-refractivity contribution in [2.45, 2.75) is 0 Å². The van der Waals surface area contributed by atoms with E-state index in [0.717, 1.165) is 10.6 Å². The van der Waals surface area contributed by atoms with Crippen molar-refractivity contribution < 1.29 is 23.9 Å². The molecule has 0 aromatic heterocycles. The highest BCUT2D eigenvalue weighted by Gasteiger charge is 2.36. The number of amides is 3. The quantitative estimate of drug-likeness (QED) is 0.535. The van der Waals surface area contributed by atoms with Gasteiger partial charge in [0.05, 0.1) is 24.8 Å². The molecule has 8 heteroatoms. The molecule has 3 amide bonds. The van der Waals surface area contributed by atoms with Gasteiger partial charge in [0.25, 0.3) is 11.8 Å². The molecule has 0 fully saturated rings. The molecule has 0 unspecified atom stereocenters. The van der Waals surface area contributed by atoms with Crippen molar-refractivity contribution in [2.75, 3.05) is 26.8 Å². The Bertz CT molecular complexity index is 882. The van der Waals surface area contributed by atoms with Gasteiger partial charge in [-0.3, -0.25) is 19.3 Å². The number of ether oxygens (including phenoxy) is 2. The highest BCUT2D eigenvalue weighted by molar-refractivity contribution is 9.10. The van der Waals surface area contributed by atoms with Gasteiger partial charge in [-0.1, -0.05) is 15.9 Å². The van der Waals surface area contributed by atoms with Gasteiger partial charge in [0.1, 0.15) is 24.7 Å². The SMILES string of the molecule is COc1ccc(OCCNC(=O)CN2C(=O)c3ccc(Br)cc3C2=O)cc1. The Morgan fingerprint density at radius 3 is 2.41 bits per heavy atom. The van der Waals surface area contributed by atoms with Gasteiger partial charge in [-0.25, -0.2) is 0 Å². The molecule has 0 spiro atoms. The van der Waals surface area contributed by atoms with Crippen LogP contribution in [0.15, 0.2) is 46.9 Å². The van der Waals surface area contributed by atoms with E-state index in [-0.39, 0.29) is 19.7 Å². The third-order valence-corrected chi connectivity index (χ3v) is 4.48. The summed E-state index contributed by atoms with van der Waals surface area (Å²) in [5, 5.41) is 2.64. The molecule has 0 radical (unpaired) electrons. The molecule has 3 rings (SSSR count). The normalized spacial score (nSPS) is 12.7. The summed E-state index contributed by atoms with van der Waals surface area (Å²) in [5.74, 6) is 0.00886. The van der Waals surface area contributed by atoms with Crippen LogP contribution in [0.3, 0.4) is 0 Å². The first-order valence-electron chi connectivity index (χ1n) is 8.19. The van der Waals surface area contributed by atoms with Crippen molar-refractivity contribution in [1.82, 2.24) is 10.2 Å². The van der Waals surface area contributed by atoms with E-state index in [0.29, 0.717) is 21.3 Å². The summed E-state index contributed by atoms with van der Waals surface area (Å²) in [5.41, 5.74) is 0.601. The Balaban J connectivity index is 1.47. The molecule has 1 aliphatic heterocycles. The minimum Gasteiger partial charge on any atom is -0.497 e. The maximum absolute atomic E-state index is 12.3. The third-order valence-electron chi connectivity index (χ3n) is 3.99. The Morgan fingerprint density at radius 1 is 1.04 bits per heavy atom. The van der Waals surface area contributed by atoms with Crippen LogP contribution in [0.2, 0.25) is 0 Å². The zero-order chi connectivity index (χ0) is 19.4. The summed E-state index contributed by atoms with van der Waals surface area (Å²) in [6, 6.07) is 11.9. The van der Waals surface area contributed by atoms with Gasteiger partial charge in [0, 0.05) is 4.47 Å². The van der Waals surface area contributed by atoms with E-state index in [1.54, 1.807) is 49.6 Å². The molecule has 0 saturated carbocycles. The number of hydrogen-bond acceptors (Lipinski definition) is 5. The Hall–Kier alpha value is -2.87. The van der Waals surface area contributed by atoms with Gasteiger partial charge in [0.2, 0.25) is 5.91 Å². The van der Waals surface area contributed by atoms with E-state index in [1.165, 1.54) is 0 Å². The highest BCUT2D eigenvalue weighted by Crippen LogP contribution is 2.25. The second kappa shape index (κ2) is 8.22. The molecule has 7 nitrogen and oxygen atoms in total.